The fraction of sp³-hybridized carbons (Fsp3) is 0.686. The van der Waals surface area contributed by atoms with Crippen LogP contribution in [0.25, 0.3) is 33.1 Å². The minimum atomic E-state index is -2.23. The van der Waals surface area contributed by atoms with Crippen molar-refractivity contribution < 1.29 is 155 Å². The van der Waals surface area contributed by atoms with E-state index in [0.717, 1.165) is 128 Å². The number of benzene rings is 3. The van der Waals surface area contributed by atoms with E-state index in [0.29, 0.717) is 110 Å². The molecule has 27 nitrogen and oxygen atoms in total. The summed E-state index contributed by atoms with van der Waals surface area (Å²) in [5.74, 6) is -1.02. The average molecular weight is 2030 g/mol. The molecule has 33 heteroatoms. The van der Waals surface area contributed by atoms with Crippen molar-refractivity contribution in [2.75, 3.05) is 41.0 Å². The van der Waals surface area contributed by atoms with E-state index in [2.05, 4.69) is 0 Å². The number of hydrogen-bond donors (Lipinski definition) is 0. The second-order valence-corrected chi connectivity index (χ2v) is 42.9. The van der Waals surface area contributed by atoms with Gasteiger partial charge in [0.05, 0.1) is 111 Å². The Hall–Kier alpha value is -8.15. The summed E-state index contributed by atoms with van der Waals surface area (Å²) in [4.78, 5) is 153. The molecular formula is C105H139F3N9O18V3-3. The minimum Gasteiger partial charge on any atom is -0.540 e. The van der Waals surface area contributed by atoms with Crippen molar-refractivity contribution in [1.29, 1.82) is 0 Å². The number of aromatic nitrogens is 6. The largest absolute Gasteiger partial charge is 0.540 e. The Bertz CT molecular complexity index is 5320. The van der Waals surface area contributed by atoms with Gasteiger partial charge in [-0.25, -0.2) is 61.9 Å². The number of halogens is 3. The molecule has 4 saturated carbocycles. The smallest absolute Gasteiger partial charge is 0.307 e. The van der Waals surface area contributed by atoms with Gasteiger partial charge in [0.15, 0.2) is 18.3 Å². The number of ether oxygens (including phenoxy) is 9. The molecule has 138 heavy (non-hydrogen) atoms. The Morgan fingerprint density at radius 3 is 1.14 bits per heavy atom. The van der Waals surface area contributed by atoms with E-state index >= 15 is 13.2 Å². The first kappa shape index (κ1) is 110. The normalized spacial score (nSPS) is 31.4. The van der Waals surface area contributed by atoms with Crippen molar-refractivity contribution >= 4 is 87.6 Å². The van der Waals surface area contributed by atoms with Gasteiger partial charge in [0.2, 0.25) is 35.4 Å². The summed E-state index contributed by atoms with van der Waals surface area (Å²) < 4.78 is 104. The van der Waals surface area contributed by atoms with Crippen LogP contribution in [0.15, 0.2) is 54.6 Å². The first-order chi connectivity index (χ1) is 64.3. The monoisotopic (exact) mass is 2020 g/mol. The number of hydrogen-bond acceptors (Lipinski definition) is 24. The topological polar surface area (TPSA) is 324 Å². The van der Waals surface area contributed by atoms with E-state index in [9.17, 15) is 43.2 Å². The van der Waals surface area contributed by atoms with Gasteiger partial charge < -0.3 is 71.7 Å². The molecule has 3 saturated heterocycles. The Labute approximate surface area is 846 Å². The maximum atomic E-state index is 17.0. The van der Waals surface area contributed by atoms with Crippen LogP contribution in [-0.2, 0) is 132 Å². The van der Waals surface area contributed by atoms with Crippen LogP contribution in [0.5, 0.6) is 34.9 Å². The van der Waals surface area contributed by atoms with Crippen molar-refractivity contribution in [3.63, 3.8) is 0 Å². The molecular weight excluding hydrogens is 1890 g/mol. The SMILES string of the molecule is CC[C@]1(F)[C@@H]2CN(C(=O)[C@H](C(C)(C)C)CC(=O)O[C@@H]3CCC[C@H]3CCCCCc3nc4ccc(OC)cc4nc3O2)[C@@H]1[C-]=O.CC[C@]1(F)[C@@H]2CN(C(=O)[C@H](C(C)(C)C)CC(=O)O[C@@H]3[C@H]4CC[C@H](C4)[C@H]3CCCCCc3nc4ccc(OC)cc4nc3O2)[C@@H]1[C-]=O.CC[C@]1(F)[C@@H]2CN(C(=O)[C@H](C(C)(C)C)CC(=O)O[C@]3(C)CCC[C@H]3CCCCCc3nc4ccc(OC)cc4nc3O2)[C@@H]1[C-]=O.[V].[V].[V]. The third kappa shape index (κ3) is 23.7. The number of carbonyl (C=O) groups excluding carboxylic acids is 9. The summed E-state index contributed by atoms with van der Waals surface area (Å²) >= 11 is 0. The molecule has 9 heterocycles. The van der Waals surface area contributed by atoms with Crippen LogP contribution in [0.2, 0.25) is 0 Å². The fourth-order valence-electron chi connectivity index (χ4n) is 23.1. The van der Waals surface area contributed by atoms with Crippen LogP contribution in [-0.4, -0.2) is 211 Å². The van der Waals surface area contributed by atoms with E-state index < -0.39 is 129 Å². The van der Waals surface area contributed by atoms with Gasteiger partial charge in [-0.15, -0.1) is 0 Å². The van der Waals surface area contributed by atoms with Crippen LogP contribution in [0.1, 0.15) is 280 Å². The summed E-state index contributed by atoms with van der Waals surface area (Å²) in [5, 5.41) is 0. The number of carbonyl (C=O) groups is 6. The molecule has 20 atom stereocenters. The molecule has 751 valence electrons. The van der Waals surface area contributed by atoms with Crippen LogP contribution in [0.4, 0.5) is 13.2 Å². The van der Waals surface area contributed by atoms with Gasteiger partial charge in [-0.2, -0.15) is 0 Å². The Balaban J connectivity index is 0.000000196. The summed E-state index contributed by atoms with van der Waals surface area (Å²) in [6.07, 6.45) is 22.7. The zero-order valence-corrected chi connectivity index (χ0v) is 87.3. The van der Waals surface area contributed by atoms with Crippen LogP contribution in [0.3, 0.4) is 0 Å². The fourth-order valence-corrected chi connectivity index (χ4v) is 23.1. The number of rotatable bonds is 9. The molecule has 10 aliphatic rings. The van der Waals surface area contributed by atoms with Crippen LogP contribution >= 0.6 is 0 Å². The van der Waals surface area contributed by atoms with E-state index in [-0.39, 0.29) is 150 Å². The quantitative estimate of drug-likeness (QED) is 0.0737. The van der Waals surface area contributed by atoms with Crippen molar-refractivity contribution in [3.8, 4) is 34.9 Å². The zero-order chi connectivity index (χ0) is 97.0. The third-order valence-electron chi connectivity index (χ3n) is 31.4. The molecule has 3 aromatic carbocycles. The first-order valence-corrected chi connectivity index (χ1v) is 49.5. The molecule has 3 aromatic heterocycles. The third-order valence-corrected chi connectivity index (χ3v) is 31.4. The van der Waals surface area contributed by atoms with Crippen LogP contribution in [0, 0.1) is 63.6 Å². The van der Waals surface area contributed by atoms with Crippen molar-refractivity contribution in [2.24, 2.45) is 63.6 Å². The minimum absolute atomic E-state index is 0. The molecule has 0 spiro atoms. The van der Waals surface area contributed by atoms with E-state index in [1.165, 1.54) is 21.1 Å². The number of amides is 3. The van der Waals surface area contributed by atoms with Gasteiger partial charge in [-0.1, -0.05) is 122 Å². The second-order valence-electron chi connectivity index (χ2n) is 42.9. The van der Waals surface area contributed by atoms with E-state index in [4.69, 9.17) is 72.5 Å². The Morgan fingerprint density at radius 1 is 0.406 bits per heavy atom. The molecule has 8 bridgehead atoms. The number of fused-ring (bicyclic) bond motifs is 19. The number of methoxy groups -OCH3 is 3. The molecule has 6 aliphatic heterocycles. The Kier molecular flexibility index (Phi) is 36.8. The van der Waals surface area contributed by atoms with Crippen LogP contribution < -0.4 is 28.4 Å². The van der Waals surface area contributed by atoms with Gasteiger partial charge in [-0.05, 0) is 242 Å². The van der Waals surface area contributed by atoms with Crippen molar-refractivity contribution in [1.82, 2.24) is 44.6 Å². The van der Waals surface area contributed by atoms with Crippen molar-refractivity contribution in [3.05, 3.63) is 71.7 Å². The molecule has 3 radical (unpaired) electrons. The second kappa shape index (κ2) is 46.1. The summed E-state index contributed by atoms with van der Waals surface area (Å²) in [6.45, 7) is 23.2. The van der Waals surface area contributed by atoms with Gasteiger partial charge in [0.1, 0.15) is 69.1 Å². The molecule has 4 aliphatic carbocycles. The summed E-state index contributed by atoms with van der Waals surface area (Å²) in [7, 11) is 4.70. The van der Waals surface area contributed by atoms with E-state index in [1.54, 1.807) is 60.3 Å². The standard InChI is InChI=1S/C36H47FN3O6.C35H47FN3O6.C34H45FN3O6.3V/c1-6-36(37)29(20-41)40-19-30(36)45-33-27(38-26-15-14-23(44-5)17-28(26)39-33)11-9-7-8-10-24-21-12-13-22(16-21)32(24)46-31(42)18-25(34(40)43)35(2,3)4;1-7-35(36)28(21-40)39-20-29(35)44-31-26(37-25-16-15-23(43-6)18-27(25)38-31)14-10-8-9-12-22-13-11-17-34(22,5)45-30(41)19-24(32(39)42)33(2,3)4;1-6-34(35)28(20-39)38-19-29(34)44-31-25(36-24-16-15-22(42-5)17-26(24)37-31)13-9-7-8-11-21-12-10-14-27(21)43-30(40)18-23(32(38)41)33(2,3)4;;;/h14-15,17,21-22,24-25,29-30,32H,6-13,16,18-19H2,1-5H3;15-16,18,22,24,28-29H,7-14,17,19-20H2,1-6H3;15-17,21,23,27-29H,6-14,18-19H2,1-5H3;;;/q3*-1;;;/t21-,22+,24-,25-,29-,30+,32-,36-;22-,24-,28-,29+,34-,35-;21-,23-,27-,28-,29+,34-;;;/m111.../s1. The predicted molar refractivity (Wildman–Crippen MR) is 500 cm³/mol. The zero-order valence-electron chi connectivity index (χ0n) is 83.1. The number of nitrogens with zero attached hydrogens (tertiary/aromatic N) is 9. The number of esters is 3. The van der Waals surface area contributed by atoms with Gasteiger partial charge in [0, 0.05) is 73.9 Å². The van der Waals surface area contributed by atoms with Gasteiger partial charge in [-0.3, -0.25) is 28.8 Å². The molecule has 16 rings (SSSR count). The van der Waals surface area contributed by atoms with Gasteiger partial charge >= 0.3 is 17.9 Å². The molecule has 3 amide bonds. The molecule has 6 aromatic rings. The molecule has 7 fully saturated rings. The summed E-state index contributed by atoms with van der Waals surface area (Å²) in [6, 6.07) is 11.7. The van der Waals surface area contributed by atoms with Crippen molar-refractivity contribution in [2.45, 2.75) is 354 Å². The molecule has 0 unspecified atom stereocenters. The molecule has 0 N–H and O–H groups in total. The first-order valence-electron chi connectivity index (χ1n) is 49.5. The predicted octanol–water partition coefficient (Wildman–Crippen LogP) is 17.7. The maximum Gasteiger partial charge on any atom is 0.307 e. The number of aryl methyl sites for hydroxylation is 3. The van der Waals surface area contributed by atoms with E-state index in [1.807, 2.05) is 124 Å². The average Bonchev–Trinajstić information content (AvgIpc) is 1.60. The van der Waals surface area contributed by atoms with Gasteiger partial charge in [0.25, 0.3) is 0 Å². The summed E-state index contributed by atoms with van der Waals surface area (Å²) in [5.41, 5.74) is -3.77. The maximum absolute atomic E-state index is 17.0. The number of alkyl halides is 3. The Morgan fingerprint density at radius 2 is 0.761 bits per heavy atom.